The van der Waals surface area contributed by atoms with Gasteiger partial charge in [0.2, 0.25) is 0 Å². The van der Waals surface area contributed by atoms with Gasteiger partial charge in [-0.25, -0.2) is 4.79 Å². The molecule has 0 aliphatic rings. The van der Waals surface area contributed by atoms with Crippen molar-refractivity contribution in [3.8, 4) is 0 Å². The van der Waals surface area contributed by atoms with Crippen LogP contribution < -0.4 is 5.32 Å². The van der Waals surface area contributed by atoms with Crippen molar-refractivity contribution in [2.75, 3.05) is 0 Å². The molecule has 0 aromatic heterocycles. The van der Waals surface area contributed by atoms with Crippen LogP contribution in [-0.2, 0) is 20.9 Å². The largest absolute Gasteiger partial charge is 0.444 e. The first-order chi connectivity index (χ1) is 12.3. The summed E-state index contributed by atoms with van der Waals surface area (Å²) in [7, 11) is 0. The fourth-order valence-corrected chi connectivity index (χ4v) is 2.29. The summed E-state index contributed by atoms with van der Waals surface area (Å²) in [6.07, 6.45) is 6.07. The SMILES string of the molecule is C[C@@H](NC(=O)OC(C)(C)C)[C@@H](C/C=C/CCC=O)OCc1ccccc1. The van der Waals surface area contributed by atoms with E-state index in [2.05, 4.69) is 5.32 Å². The van der Waals surface area contributed by atoms with Gasteiger partial charge < -0.3 is 19.6 Å². The number of ether oxygens (including phenoxy) is 2. The van der Waals surface area contributed by atoms with Crippen LogP contribution in [-0.4, -0.2) is 30.1 Å². The van der Waals surface area contributed by atoms with Crippen LogP contribution in [0.1, 0.15) is 52.5 Å². The van der Waals surface area contributed by atoms with Crippen LogP contribution in [0.2, 0.25) is 0 Å². The molecule has 0 saturated heterocycles. The number of benzene rings is 1. The van der Waals surface area contributed by atoms with Gasteiger partial charge >= 0.3 is 6.09 Å². The van der Waals surface area contributed by atoms with E-state index >= 15 is 0 Å². The van der Waals surface area contributed by atoms with E-state index in [-0.39, 0.29) is 12.1 Å². The van der Waals surface area contributed by atoms with Gasteiger partial charge in [-0.2, -0.15) is 0 Å². The summed E-state index contributed by atoms with van der Waals surface area (Å²) in [5.74, 6) is 0. The number of amides is 1. The van der Waals surface area contributed by atoms with Crippen molar-refractivity contribution in [3.05, 3.63) is 48.0 Å². The molecule has 1 amide bonds. The Morgan fingerprint density at radius 1 is 1.15 bits per heavy atom. The Hall–Kier alpha value is -2.14. The van der Waals surface area contributed by atoms with Crippen LogP contribution in [0.5, 0.6) is 0 Å². The Kier molecular flexibility index (Phi) is 9.66. The van der Waals surface area contributed by atoms with Crippen molar-refractivity contribution in [2.24, 2.45) is 0 Å². The maximum atomic E-state index is 12.0. The summed E-state index contributed by atoms with van der Waals surface area (Å²) in [5, 5.41) is 2.85. The van der Waals surface area contributed by atoms with Crippen molar-refractivity contribution < 1.29 is 19.1 Å². The molecule has 26 heavy (non-hydrogen) atoms. The molecule has 0 unspecified atom stereocenters. The van der Waals surface area contributed by atoms with Gasteiger partial charge in [-0.15, -0.1) is 0 Å². The number of aldehydes is 1. The Morgan fingerprint density at radius 2 is 1.85 bits per heavy atom. The molecular weight excluding hydrogens is 330 g/mol. The fourth-order valence-electron chi connectivity index (χ4n) is 2.29. The lowest BCUT2D eigenvalue weighted by atomic mass is 10.1. The zero-order valence-corrected chi connectivity index (χ0v) is 16.2. The highest BCUT2D eigenvalue weighted by molar-refractivity contribution is 5.68. The molecule has 1 aromatic rings. The third-order valence-corrected chi connectivity index (χ3v) is 3.60. The predicted octanol–water partition coefficient (Wildman–Crippen LogP) is 4.41. The lowest BCUT2D eigenvalue weighted by molar-refractivity contribution is -0.107. The average molecular weight is 361 g/mol. The number of hydrogen-bond acceptors (Lipinski definition) is 4. The summed E-state index contributed by atoms with van der Waals surface area (Å²) in [5.41, 5.74) is 0.533. The first-order valence-electron chi connectivity index (χ1n) is 9.05. The maximum absolute atomic E-state index is 12.0. The summed E-state index contributed by atoms with van der Waals surface area (Å²) in [4.78, 5) is 22.4. The lowest BCUT2D eigenvalue weighted by Crippen LogP contribution is -2.44. The molecule has 0 saturated carbocycles. The fraction of sp³-hybridized carbons (Fsp3) is 0.524. The minimum Gasteiger partial charge on any atom is -0.444 e. The van der Waals surface area contributed by atoms with Crippen molar-refractivity contribution in [1.29, 1.82) is 0 Å². The minimum absolute atomic E-state index is 0.199. The third kappa shape index (κ3) is 9.99. The number of carbonyl (C=O) groups is 2. The zero-order chi connectivity index (χ0) is 19.4. The second kappa shape index (κ2) is 11.5. The molecule has 5 heteroatoms. The van der Waals surface area contributed by atoms with Gasteiger partial charge in [-0.3, -0.25) is 0 Å². The molecule has 0 fully saturated rings. The third-order valence-electron chi connectivity index (χ3n) is 3.60. The van der Waals surface area contributed by atoms with Gasteiger partial charge in [-0.05, 0) is 46.1 Å². The summed E-state index contributed by atoms with van der Waals surface area (Å²) < 4.78 is 11.4. The molecular formula is C21H31NO4. The summed E-state index contributed by atoms with van der Waals surface area (Å²) >= 11 is 0. The maximum Gasteiger partial charge on any atom is 0.407 e. The van der Waals surface area contributed by atoms with Crippen molar-refractivity contribution in [1.82, 2.24) is 5.32 Å². The van der Waals surface area contributed by atoms with E-state index < -0.39 is 11.7 Å². The number of nitrogens with one attached hydrogen (secondary N) is 1. The number of hydrogen-bond donors (Lipinski definition) is 1. The topological polar surface area (TPSA) is 64.6 Å². The molecule has 5 nitrogen and oxygen atoms in total. The minimum atomic E-state index is -0.543. The van der Waals surface area contributed by atoms with E-state index in [0.717, 1.165) is 11.8 Å². The molecule has 0 bridgehead atoms. The molecule has 1 aromatic carbocycles. The number of allylic oxidation sites excluding steroid dienone is 1. The molecule has 0 heterocycles. The highest BCUT2D eigenvalue weighted by atomic mass is 16.6. The number of carbonyl (C=O) groups excluding carboxylic acids is 2. The molecule has 0 spiro atoms. The summed E-state index contributed by atoms with van der Waals surface area (Å²) in [6.45, 7) is 7.86. The molecule has 0 aliphatic carbocycles. The first-order valence-corrected chi connectivity index (χ1v) is 9.05. The van der Waals surface area contributed by atoms with Gasteiger partial charge in [0.15, 0.2) is 0 Å². The van der Waals surface area contributed by atoms with E-state index in [1.807, 2.05) is 70.2 Å². The van der Waals surface area contributed by atoms with E-state index in [0.29, 0.717) is 25.9 Å². The van der Waals surface area contributed by atoms with E-state index in [9.17, 15) is 9.59 Å². The summed E-state index contributed by atoms with van der Waals surface area (Å²) in [6, 6.07) is 9.68. The second-order valence-electron chi connectivity index (χ2n) is 7.22. The molecule has 1 N–H and O–H groups in total. The Labute approximate surface area is 156 Å². The smallest absolute Gasteiger partial charge is 0.407 e. The van der Waals surface area contributed by atoms with Crippen LogP contribution in [0.25, 0.3) is 0 Å². The number of rotatable bonds is 10. The molecule has 2 atom stereocenters. The molecule has 144 valence electrons. The first kappa shape index (κ1) is 21.9. The van der Waals surface area contributed by atoms with Gasteiger partial charge in [0.1, 0.15) is 11.9 Å². The second-order valence-corrected chi connectivity index (χ2v) is 7.22. The van der Waals surface area contributed by atoms with E-state index in [4.69, 9.17) is 9.47 Å². The Morgan fingerprint density at radius 3 is 2.46 bits per heavy atom. The lowest BCUT2D eigenvalue weighted by Gasteiger charge is -2.26. The quantitative estimate of drug-likeness (QED) is 0.381. The molecule has 1 rings (SSSR count). The zero-order valence-electron chi connectivity index (χ0n) is 16.2. The van der Waals surface area contributed by atoms with Crippen LogP contribution in [0, 0.1) is 0 Å². The molecule has 0 radical (unpaired) electrons. The normalized spacial score (nSPS) is 14.0. The monoisotopic (exact) mass is 361 g/mol. The highest BCUT2D eigenvalue weighted by Crippen LogP contribution is 2.12. The number of alkyl carbamates (subject to hydrolysis) is 1. The van der Waals surface area contributed by atoms with Crippen LogP contribution in [0.15, 0.2) is 42.5 Å². The number of unbranched alkanes of at least 4 members (excludes halogenated alkanes) is 1. The van der Waals surface area contributed by atoms with Gasteiger partial charge in [0.25, 0.3) is 0 Å². The Bertz CT molecular complexity index is 563. The Balaban J connectivity index is 2.63. The van der Waals surface area contributed by atoms with Crippen LogP contribution in [0.3, 0.4) is 0 Å². The van der Waals surface area contributed by atoms with Crippen LogP contribution >= 0.6 is 0 Å². The van der Waals surface area contributed by atoms with Gasteiger partial charge in [0.05, 0.1) is 18.8 Å². The van der Waals surface area contributed by atoms with Crippen LogP contribution in [0.4, 0.5) is 4.79 Å². The van der Waals surface area contributed by atoms with E-state index in [1.165, 1.54) is 0 Å². The molecule has 0 aliphatic heterocycles. The standard InChI is InChI=1S/C21H31NO4/c1-17(22-20(24)26-21(2,3)4)19(14-10-5-6-11-15-23)25-16-18-12-8-7-9-13-18/h5,7-10,12-13,15,17,19H,6,11,14,16H2,1-4H3,(H,22,24)/b10-5+/t17-,19-/m1/s1. The average Bonchev–Trinajstić information content (AvgIpc) is 2.56. The highest BCUT2D eigenvalue weighted by Gasteiger charge is 2.22. The van der Waals surface area contributed by atoms with Crippen molar-refractivity contribution in [3.63, 3.8) is 0 Å². The van der Waals surface area contributed by atoms with E-state index in [1.54, 1.807) is 0 Å². The van der Waals surface area contributed by atoms with Gasteiger partial charge in [0, 0.05) is 6.42 Å². The van der Waals surface area contributed by atoms with Gasteiger partial charge in [-0.1, -0.05) is 42.5 Å². The van der Waals surface area contributed by atoms with Crippen molar-refractivity contribution >= 4 is 12.4 Å². The predicted molar refractivity (Wildman–Crippen MR) is 103 cm³/mol. The van der Waals surface area contributed by atoms with Crippen molar-refractivity contribution in [2.45, 2.75) is 71.3 Å².